The molecule has 4 nitrogen and oxygen atoms in total. The number of ether oxygens (including phenoxy) is 1. The molecule has 21 heavy (non-hydrogen) atoms. The van der Waals surface area contributed by atoms with Crippen LogP contribution in [0, 0.1) is 0 Å². The van der Waals surface area contributed by atoms with Gasteiger partial charge >= 0.3 is 0 Å². The van der Waals surface area contributed by atoms with Crippen molar-refractivity contribution >= 4 is 5.91 Å². The third-order valence-corrected chi connectivity index (χ3v) is 3.63. The highest BCUT2D eigenvalue weighted by Gasteiger charge is 2.31. The number of aliphatic hydroxyl groups excluding tert-OH is 1. The fourth-order valence-electron chi connectivity index (χ4n) is 2.63. The lowest BCUT2D eigenvalue weighted by molar-refractivity contribution is -0.124. The molecule has 3 rings (SSSR count). The van der Waals surface area contributed by atoms with Crippen molar-refractivity contribution in [2.75, 3.05) is 6.61 Å². The maximum absolute atomic E-state index is 12.0. The van der Waals surface area contributed by atoms with Crippen LogP contribution in [0.4, 0.5) is 0 Å². The molecule has 4 heteroatoms. The van der Waals surface area contributed by atoms with E-state index in [2.05, 4.69) is 5.32 Å². The Kier molecular flexibility index (Phi) is 3.88. The summed E-state index contributed by atoms with van der Waals surface area (Å²) in [5.74, 6) is 0.416. The van der Waals surface area contributed by atoms with Crippen LogP contribution in [0.5, 0.6) is 5.75 Å². The number of rotatable bonds is 4. The van der Waals surface area contributed by atoms with Gasteiger partial charge in [0.25, 0.3) is 5.91 Å². The zero-order chi connectivity index (χ0) is 14.7. The van der Waals surface area contributed by atoms with Crippen LogP contribution in [0.15, 0.2) is 54.6 Å². The summed E-state index contributed by atoms with van der Waals surface area (Å²) in [5.41, 5.74) is 2.07. The smallest absolute Gasteiger partial charge is 0.258 e. The van der Waals surface area contributed by atoms with E-state index in [1.807, 2.05) is 42.5 Å². The third-order valence-electron chi connectivity index (χ3n) is 3.63. The molecule has 2 aromatic carbocycles. The molecule has 0 aliphatic heterocycles. The van der Waals surface area contributed by atoms with E-state index in [1.54, 1.807) is 12.1 Å². The first-order valence-electron chi connectivity index (χ1n) is 6.97. The van der Waals surface area contributed by atoms with Gasteiger partial charge in [-0.1, -0.05) is 42.5 Å². The standard InChI is InChI=1S/C17H17NO3/c19-15-10-12-6-4-5-9-14(12)17(15)18-16(20)11-21-13-7-2-1-3-8-13/h1-9,15,17,19H,10-11H2,(H,18,20). The molecular weight excluding hydrogens is 266 g/mol. The molecule has 1 amide bonds. The molecular formula is C17H17NO3. The zero-order valence-corrected chi connectivity index (χ0v) is 11.5. The first kappa shape index (κ1) is 13.6. The Balaban J connectivity index is 1.60. The van der Waals surface area contributed by atoms with Gasteiger partial charge in [-0.2, -0.15) is 0 Å². The predicted octanol–water partition coefficient (Wildman–Crippen LogP) is 1.84. The quantitative estimate of drug-likeness (QED) is 0.900. The van der Waals surface area contributed by atoms with Crippen molar-refractivity contribution in [3.05, 3.63) is 65.7 Å². The summed E-state index contributed by atoms with van der Waals surface area (Å²) in [6, 6.07) is 16.6. The van der Waals surface area contributed by atoms with Crippen LogP contribution in [0.3, 0.4) is 0 Å². The van der Waals surface area contributed by atoms with Crippen molar-refractivity contribution < 1.29 is 14.6 Å². The summed E-state index contributed by atoms with van der Waals surface area (Å²) >= 11 is 0. The lowest BCUT2D eigenvalue weighted by atomic mass is 10.1. The average Bonchev–Trinajstić information content (AvgIpc) is 2.82. The largest absolute Gasteiger partial charge is 0.484 e. The summed E-state index contributed by atoms with van der Waals surface area (Å²) in [6.07, 6.45) is -0.0104. The molecule has 2 aromatic rings. The number of amides is 1. The normalized spacial score (nSPS) is 19.9. The lowest BCUT2D eigenvalue weighted by Crippen LogP contribution is -2.36. The van der Waals surface area contributed by atoms with Crippen molar-refractivity contribution in [2.45, 2.75) is 18.6 Å². The van der Waals surface area contributed by atoms with Crippen LogP contribution in [0.1, 0.15) is 17.2 Å². The van der Waals surface area contributed by atoms with E-state index in [4.69, 9.17) is 4.74 Å². The van der Waals surface area contributed by atoms with E-state index in [9.17, 15) is 9.90 Å². The van der Waals surface area contributed by atoms with E-state index in [0.29, 0.717) is 12.2 Å². The molecule has 0 aromatic heterocycles. The van der Waals surface area contributed by atoms with Gasteiger partial charge in [-0.15, -0.1) is 0 Å². The molecule has 0 bridgehead atoms. The van der Waals surface area contributed by atoms with Gasteiger partial charge in [-0.25, -0.2) is 0 Å². The number of hydrogen-bond acceptors (Lipinski definition) is 3. The number of nitrogens with one attached hydrogen (secondary N) is 1. The van der Waals surface area contributed by atoms with Gasteiger partial charge in [0, 0.05) is 6.42 Å². The predicted molar refractivity (Wildman–Crippen MR) is 79.0 cm³/mol. The van der Waals surface area contributed by atoms with Crippen molar-refractivity contribution in [3.63, 3.8) is 0 Å². The van der Waals surface area contributed by atoms with Crippen LogP contribution in [0.25, 0.3) is 0 Å². The number of fused-ring (bicyclic) bond motifs is 1. The minimum absolute atomic E-state index is 0.0601. The van der Waals surface area contributed by atoms with Gasteiger partial charge in [0.2, 0.25) is 0 Å². The van der Waals surface area contributed by atoms with Crippen molar-refractivity contribution in [3.8, 4) is 5.75 Å². The fraction of sp³-hybridized carbons (Fsp3) is 0.235. The minimum atomic E-state index is -0.580. The number of hydrogen-bond donors (Lipinski definition) is 2. The Morgan fingerprint density at radius 1 is 1.14 bits per heavy atom. The van der Waals surface area contributed by atoms with E-state index in [1.165, 1.54) is 0 Å². The van der Waals surface area contributed by atoms with Crippen molar-refractivity contribution in [1.82, 2.24) is 5.32 Å². The Labute approximate surface area is 123 Å². The van der Waals surface area contributed by atoms with E-state index < -0.39 is 6.10 Å². The third kappa shape index (κ3) is 3.06. The Hall–Kier alpha value is -2.33. The second-order valence-electron chi connectivity index (χ2n) is 5.12. The van der Waals surface area contributed by atoms with E-state index >= 15 is 0 Å². The van der Waals surface area contributed by atoms with Crippen LogP contribution in [0.2, 0.25) is 0 Å². The summed E-state index contributed by atoms with van der Waals surface area (Å²) < 4.78 is 5.41. The molecule has 1 aliphatic rings. The van der Waals surface area contributed by atoms with Gasteiger partial charge in [-0.3, -0.25) is 4.79 Å². The lowest BCUT2D eigenvalue weighted by Gasteiger charge is -2.18. The molecule has 108 valence electrons. The van der Waals surface area contributed by atoms with Crippen molar-refractivity contribution in [2.24, 2.45) is 0 Å². The molecule has 2 N–H and O–H groups in total. The SMILES string of the molecule is O=C(COc1ccccc1)NC1c2ccccc2CC1O. The van der Waals surface area contributed by atoms with Crippen LogP contribution in [-0.2, 0) is 11.2 Å². The second-order valence-corrected chi connectivity index (χ2v) is 5.12. The summed E-state index contributed by atoms with van der Waals surface area (Å²) in [5, 5.41) is 12.9. The summed E-state index contributed by atoms with van der Waals surface area (Å²) in [7, 11) is 0. The van der Waals surface area contributed by atoms with Gasteiger partial charge in [0.05, 0.1) is 12.1 Å². The topological polar surface area (TPSA) is 58.6 Å². The van der Waals surface area contributed by atoms with Gasteiger partial charge < -0.3 is 15.2 Å². The van der Waals surface area contributed by atoms with Crippen molar-refractivity contribution in [1.29, 1.82) is 0 Å². The molecule has 1 aliphatic carbocycles. The highest BCUT2D eigenvalue weighted by molar-refractivity contribution is 5.78. The fourth-order valence-corrected chi connectivity index (χ4v) is 2.63. The van der Waals surface area contributed by atoms with Crippen LogP contribution in [-0.4, -0.2) is 23.7 Å². The van der Waals surface area contributed by atoms with Crippen LogP contribution >= 0.6 is 0 Å². The molecule has 0 saturated carbocycles. The number of aliphatic hydroxyl groups is 1. The molecule has 0 saturated heterocycles. The molecule has 2 atom stereocenters. The monoisotopic (exact) mass is 283 g/mol. The molecule has 0 spiro atoms. The first-order chi connectivity index (χ1) is 10.2. The second kappa shape index (κ2) is 5.97. The molecule has 0 radical (unpaired) electrons. The minimum Gasteiger partial charge on any atom is -0.484 e. The number of benzene rings is 2. The summed E-state index contributed by atoms with van der Waals surface area (Å²) in [6.45, 7) is -0.0601. The maximum atomic E-state index is 12.0. The number of carbonyl (C=O) groups is 1. The first-order valence-corrected chi connectivity index (χ1v) is 6.97. The average molecular weight is 283 g/mol. The van der Waals surface area contributed by atoms with Gasteiger partial charge in [-0.05, 0) is 23.3 Å². The van der Waals surface area contributed by atoms with Gasteiger partial charge in [0.1, 0.15) is 5.75 Å². The zero-order valence-electron chi connectivity index (χ0n) is 11.5. The Bertz CT molecular complexity index is 627. The van der Waals surface area contributed by atoms with E-state index in [0.717, 1.165) is 11.1 Å². The Morgan fingerprint density at radius 3 is 2.67 bits per heavy atom. The highest BCUT2D eigenvalue weighted by atomic mass is 16.5. The van der Waals surface area contributed by atoms with E-state index in [-0.39, 0.29) is 18.6 Å². The Morgan fingerprint density at radius 2 is 1.86 bits per heavy atom. The maximum Gasteiger partial charge on any atom is 0.258 e. The molecule has 0 fully saturated rings. The highest BCUT2D eigenvalue weighted by Crippen LogP contribution is 2.31. The molecule has 0 heterocycles. The van der Waals surface area contributed by atoms with Crippen LogP contribution < -0.4 is 10.1 Å². The number of para-hydroxylation sites is 1. The van der Waals surface area contributed by atoms with Gasteiger partial charge in [0.15, 0.2) is 6.61 Å². The number of carbonyl (C=O) groups excluding carboxylic acids is 1. The summed E-state index contributed by atoms with van der Waals surface area (Å²) in [4.78, 5) is 12.0. The molecule has 2 unspecified atom stereocenters.